The zero-order valence-corrected chi connectivity index (χ0v) is 21.3. The van der Waals surface area contributed by atoms with E-state index >= 15 is 0 Å². The van der Waals surface area contributed by atoms with Crippen LogP contribution in [0.1, 0.15) is 41.0 Å². The molecule has 1 fully saturated rings. The number of quaternary nitrogens is 1. The lowest BCUT2D eigenvalue weighted by Crippen LogP contribution is -3.11. The summed E-state index contributed by atoms with van der Waals surface area (Å²) in [4.78, 5) is 25.6. The molecule has 1 aliphatic heterocycles. The SMILES string of the molecule is O=C(CSc1nnc(C[NH+]2CCCCC2)n1Cc1ccccc1)Nc1c(Cl)cc(Cl)cc1C(=O)[O-]. The number of anilines is 1. The fourth-order valence-corrected chi connectivity index (χ4v) is 5.40. The smallest absolute Gasteiger partial charge is 0.234 e. The van der Waals surface area contributed by atoms with Gasteiger partial charge in [-0.15, -0.1) is 10.2 Å². The van der Waals surface area contributed by atoms with Crippen molar-refractivity contribution in [3.8, 4) is 0 Å². The van der Waals surface area contributed by atoms with Crippen LogP contribution in [0.25, 0.3) is 0 Å². The Labute approximate surface area is 217 Å². The fraction of sp³-hybridized carbons (Fsp3) is 0.333. The predicted molar refractivity (Wildman–Crippen MR) is 134 cm³/mol. The number of hydrogen-bond acceptors (Lipinski definition) is 6. The highest BCUT2D eigenvalue weighted by Gasteiger charge is 2.21. The Morgan fingerprint density at radius 3 is 2.54 bits per heavy atom. The molecule has 2 N–H and O–H groups in total. The Morgan fingerprint density at radius 2 is 1.83 bits per heavy atom. The Hall–Kier alpha value is -2.59. The van der Waals surface area contributed by atoms with Crippen LogP contribution in [0.2, 0.25) is 10.0 Å². The van der Waals surface area contributed by atoms with Crippen molar-refractivity contribution in [1.29, 1.82) is 0 Å². The largest absolute Gasteiger partial charge is 0.545 e. The predicted octanol–water partition coefficient (Wildman–Crippen LogP) is 2.30. The van der Waals surface area contributed by atoms with E-state index in [1.165, 1.54) is 48.1 Å². The molecule has 35 heavy (non-hydrogen) atoms. The minimum absolute atomic E-state index is 0.00502. The van der Waals surface area contributed by atoms with E-state index in [0.717, 1.165) is 31.0 Å². The number of carbonyl (C=O) groups is 2. The molecule has 2 aromatic carbocycles. The molecule has 184 valence electrons. The number of hydrogen-bond donors (Lipinski definition) is 2. The molecule has 2 heterocycles. The zero-order valence-electron chi connectivity index (χ0n) is 18.9. The molecule has 0 unspecified atom stereocenters. The molecule has 1 aromatic heterocycles. The molecule has 4 rings (SSSR count). The van der Waals surface area contributed by atoms with Crippen molar-refractivity contribution in [3.05, 3.63) is 69.5 Å². The number of aromatic nitrogens is 3. The van der Waals surface area contributed by atoms with Crippen LogP contribution in [0.4, 0.5) is 5.69 Å². The molecule has 0 saturated carbocycles. The lowest BCUT2D eigenvalue weighted by atomic mass is 10.1. The highest BCUT2D eigenvalue weighted by Crippen LogP contribution is 2.30. The topological polar surface area (TPSA) is 104 Å². The molecule has 8 nitrogen and oxygen atoms in total. The third-order valence-electron chi connectivity index (χ3n) is 5.82. The number of carboxylic acids is 1. The van der Waals surface area contributed by atoms with Gasteiger partial charge in [-0.3, -0.25) is 9.36 Å². The second kappa shape index (κ2) is 11.9. The zero-order chi connectivity index (χ0) is 24.8. The van der Waals surface area contributed by atoms with E-state index in [0.29, 0.717) is 11.7 Å². The minimum atomic E-state index is -1.48. The number of nitrogens with one attached hydrogen (secondary N) is 2. The quantitative estimate of drug-likeness (QED) is 0.409. The van der Waals surface area contributed by atoms with Crippen molar-refractivity contribution < 1.29 is 19.6 Å². The van der Waals surface area contributed by atoms with Gasteiger partial charge in [0.1, 0.15) is 6.54 Å². The van der Waals surface area contributed by atoms with Crippen LogP contribution >= 0.6 is 35.0 Å². The molecule has 1 aliphatic rings. The Bertz CT molecular complexity index is 1200. The van der Waals surface area contributed by atoms with Crippen LogP contribution in [-0.2, 0) is 17.9 Å². The van der Waals surface area contributed by atoms with E-state index in [1.807, 2.05) is 30.3 Å². The number of amides is 1. The van der Waals surface area contributed by atoms with Crippen LogP contribution < -0.4 is 15.3 Å². The molecule has 3 aromatic rings. The van der Waals surface area contributed by atoms with Gasteiger partial charge in [-0.1, -0.05) is 65.3 Å². The van der Waals surface area contributed by atoms with Crippen LogP contribution in [0.5, 0.6) is 0 Å². The van der Waals surface area contributed by atoms with Gasteiger partial charge in [0.2, 0.25) is 5.91 Å². The maximum atomic E-state index is 12.7. The maximum Gasteiger partial charge on any atom is 0.234 e. The maximum absolute atomic E-state index is 12.7. The number of thioether (sulfide) groups is 1. The van der Waals surface area contributed by atoms with Crippen molar-refractivity contribution >= 4 is 52.5 Å². The number of nitrogens with zero attached hydrogens (tertiary/aromatic N) is 3. The highest BCUT2D eigenvalue weighted by molar-refractivity contribution is 7.99. The van der Waals surface area contributed by atoms with Gasteiger partial charge in [0.25, 0.3) is 0 Å². The summed E-state index contributed by atoms with van der Waals surface area (Å²) in [6, 6.07) is 12.6. The summed E-state index contributed by atoms with van der Waals surface area (Å²) < 4.78 is 2.05. The van der Waals surface area contributed by atoms with E-state index in [4.69, 9.17) is 23.2 Å². The van der Waals surface area contributed by atoms with Gasteiger partial charge in [0.05, 0.1) is 42.1 Å². The van der Waals surface area contributed by atoms with Crippen molar-refractivity contribution in [3.63, 3.8) is 0 Å². The number of carboxylic acid groups (broad SMARTS) is 1. The number of aromatic carboxylic acids is 1. The van der Waals surface area contributed by atoms with Crippen molar-refractivity contribution in [2.45, 2.75) is 37.5 Å². The normalized spacial score (nSPS) is 14.1. The van der Waals surface area contributed by atoms with E-state index < -0.39 is 11.9 Å². The number of benzene rings is 2. The van der Waals surface area contributed by atoms with E-state index in [1.54, 1.807) is 0 Å². The van der Waals surface area contributed by atoms with Gasteiger partial charge in [0, 0.05) is 10.6 Å². The number of piperidine rings is 1. The molecular weight excluding hydrogens is 509 g/mol. The van der Waals surface area contributed by atoms with Gasteiger partial charge in [0.15, 0.2) is 11.0 Å². The third-order valence-corrected chi connectivity index (χ3v) is 7.30. The molecule has 0 bridgehead atoms. The van der Waals surface area contributed by atoms with Gasteiger partial charge >= 0.3 is 0 Å². The van der Waals surface area contributed by atoms with E-state index in [9.17, 15) is 14.7 Å². The average Bonchev–Trinajstić information content (AvgIpc) is 3.21. The first-order valence-corrected chi connectivity index (χ1v) is 13.1. The van der Waals surface area contributed by atoms with Gasteiger partial charge in [-0.2, -0.15) is 0 Å². The number of rotatable bonds is 9. The summed E-state index contributed by atoms with van der Waals surface area (Å²) >= 11 is 13.2. The second-order valence-corrected chi connectivity index (χ2v) is 10.2. The van der Waals surface area contributed by atoms with Gasteiger partial charge in [-0.25, -0.2) is 0 Å². The summed E-state index contributed by atoms with van der Waals surface area (Å²) in [6.07, 6.45) is 3.70. The van der Waals surface area contributed by atoms with Gasteiger partial charge < -0.3 is 20.1 Å². The molecule has 11 heteroatoms. The monoisotopic (exact) mass is 533 g/mol. The first kappa shape index (κ1) is 25.5. The summed E-state index contributed by atoms with van der Waals surface area (Å²) in [5.74, 6) is -1.03. The standard InChI is InChI=1S/C24H25Cl2N5O3S/c25-17-11-18(23(33)34)22(19(26)12-17)27-21(32)15-35-24-29-28-20(14-30-9-5-2-6-10-30)31(24)13-16-7-3-1-4-8-16/h1,3-4,7-8,11-12H,2,5-6,9-10,13-15H2,(H,27,32)(H,33,34). The number of halogens is 2. The Balaban J connectivity index is 1.49. The van der Waals surface area contributed by atoms with Crippen LogP contribution in [-0.4, -0.2) is 45.5 Å². The molecule has 0 atom stereocenters. The minimum Gasteiger partial charge on any atom is -0.545 e. The van der Waals surface area contributed by atoms with Crippen molar-refractivity contribution in [1.82, 2.24) is 14.8 Å². The Kier molecular flexibility index (Phi) is 8.67. The molecule has 0 spiro atoms. The third kappa shape index (κ3) is 6.76. The fourth-order valence-electron chi connectivity index (χ4n) is 4.10. The second-order valence-electron chi connectivity index (χ2n) is 8.39. The lowest BCUT2D eigenvalue weighted by molar-refractivity contribution is -0.919. The number of likely N-dealkylation sites (tertiary alicyclic amines) is 1. The Morgan fingerprint density at radius 1 is 1.09 bits per heavy atom. The van der Waals surface area contributed by atoms with Crippen LogP contribution in [0.15, 0.2) is 47.6 Å². The lowest BCUT2D eigenvalue weighted by Gasteiger charge is -2.23. The van der Waals surface area contributed by atoms with E-state index in [-0.39, 0.29) is 27.0 Å². The molecule has 1 amide bonds. The highest BCUT2D eigenvalue weighted by atomic mass is 35.5. The first-order chi connectivity index (χ1) is 16.9. The van der Waals surface area contributed by atoms with Gasteiger partial charge in [-0.05, 0) is 37.0 Å². The number of carbonyl (C=O) groups excluding carboxylic acids is 2. The molecule has 0 radical (unpaired) electrons. The molecule has 0 aliphatic carbocycles. The molecular formula is C24H25Cl2N5O3S. The van der Waals surface area contributed by atoms with Crippen LogP contribution in [0, 0.1) is 0 Å². The van der Waals surface area contributed by atoms with E-state index in [2.05, 4.69) is 20.1 Å². The molecule has 1 saturated heterocycles. The van der Waals surface area contributed by atoms with Crippen LogP contribution in [0.3, 0.4) is 0 Å². The van der Waals surface area contributed by atoms with Crippen molar-refractivity contribution in [2.24, 2.45) is 0 Å². The first-order valence-electron chi connectivity index (χ1n) is 11.3. The summed E-state index contributed by atoms with van der Waals surface area (Å²) in [5.41, 5.74) is 0.793. The summed E-state index contributed by atoms with van der Waals surface area (Å²) in [5, 5.41) is 23.6. The summed E-state index contributed by atoms with van der Waals surface area (Å²) in [6.45, 7) is 3.61. The average molecular weight is 534 g/mol. The summed E-state index contributed by atoms with van der Waals surface area (Å²) in [7, 11) is 0. The van der Waals surface area contributed by atoms with Crippen molar-refractivity contribution in [2.75, 3.05) is 24.2 Å².